The second-order valence-corrected chi connectivity index (χ2v) is 10.5. The normalized spacial score (nSPS) is 17.6. The fourth-order valence-corrected chi connectivity index (χ4v) is 6.27. The zero-order chi connectivity index (χ0) is 22.6. The van der Waals surface area contributed by atoms with E-state index in [4.69, 9.17) is 0 Å². The summed E-state index contributed by atoms with van der Waals surface area (Å²) in [6.07, 6.45) is 1.33. The van der Waals surface area contributed by atoms with E-state index >= 15 is 0 Å². The zero-order valence-electron chi connectivity index (χ0n) is 18.0. The fourth-order valence-electron chi connectivity index (χ4n) is 3.99. The molecule has 4 rings (SSSR count). The van der Waals surface area contributed by atoms with Crippen LogP contribution in [0.2, 0.25) is 0 Å². The monoisotopic (exact) mass is 473 g/mol. The van der Waals surface area contributed by atoms with Crippen molar-refractivity contribution in [2.24, 2.45) is 5.92 Å². The number of nitrogens with one attached hydrogen (secondary N) is 1. The van der Waals surface area contributed by atoms with Crippen molar-refractivity contribution in [2.75, 3.05) is 33.2 Å². The zero-order valence-corrected chi connectivity index (χ0v) is 19.6. The summed E-state index contributed by atoms with van der Waals surface area (Å²) in [5, 5.41) is 2.98. The molecule has 10 heteroatoms. The summed E-state index contributed by atoms with van der Waals surface area (Å²) in [5.74, 6) is -0.447. The molecule has 170 valence electrons. The van der Waals surface area contributed by atoms with E-state index in [1.54, 1.807) is 18.2 Å². The van der Waals surface area contributed by atoms with Crippen molar-refractivity contribution in [3.8, 4) is 0 Å². The highest BCUT2D eigenvalue weighted by Gasteiger charge is 2.34. The maximum absolute atomic E-state index is 13.3. The van der Waals surface area contributed by atoms with Gasteiger partial charge in [-0.05, 0) is 37.6 Å². The number of carbonyl (C=O) groups is 1. The molecule has 1 atom stereocenters. The molecule has 2 aromatic carbocycles. The van der Waals surface area contributed by atoms with Gasteiger partial charge in [0.1, 0.15) is 15.9 Å². The molecule has 0 spiro atoms. The van der Waals surface area contributed by atoms with Gasteiger partial charge in [0.25, 0.3) is 0 Å². The molecule has 0 bridgehead atoms. The number of benzene rings is 2. The Morgan fingerprint density at radius 1 is 1.19 bits per heavy atom. The fraction of sp³-hybridized carbons (Fsp3) is 0.409. The Labute approximate surface area is 192 Å². The molecule has 1 saturated heterocycles. The summed E-state index contributed by atoms with van der Waals surface area (Å²) >= 11 is 0.996. The van der Waals surface area contributed by atoms with Gasteiger partial charge < -0.3 is 10.2 Å². The lowest BCUT2D eigenvalue weighted by atomic mass is 9.99. The summed E-state index contributed by atoms with van der Waals surface area (Å²) in [4.78, 5) is 15.1. The number of nitrogens with zero attached hydrogens (tertiary/aromatic N) is 4. The van der Waals surface area contributed by atoms with E-state index in [2.05, 4.69) is 31.1 Å². The number of piperidine rings is 1. The third-order valence-corrected chi connectivity index (χ3v) is 8.15. The number of likely N-dealkylation sites (N-methyl/N-ethyl adjacent to an activating group) is 1. The summed E-state index contributed by atoms with van der Waals surface area (Å²) in [6.45, 7) is 2.63. The van der Waals surface area contributed by atoms with Gasteiger partial charge in [-0.15, -0.1) is 0 Å². The van der Waals surface area contributed by atoms with Crippen molar-refractivity contribution in [2.45, 2.75) is 24.3 Å². The summed E-state index contributed by atoms with van der Waals surface area (Å²) in [5.41, 5.74) is 2.19. The molecule has 0 saturated carbocycles. The van der Waals surface area contributed by atoms with Crippen molar-refractivity contribution in [3.63, 3.8) is 0 Å². The average Bonchev–Trinajstić information content (AvgIpc) is 3.28. The Morgan fingerprint density at radius 2 is 2.00 bits per heavy atom. The minimum absolute atomic E-state index is 0.0912. The molecule has 3 aromatic rings. The number of amides is 1. The molecule has 1 N–H and O–H groups in total. The molecule has 1 aliphatic heterocycles. The molecule has 0 radical (unpaired) electrons. The summed E-state index contributed by atoms with van der Waals surface area (Å²) < 4.78 is 36.2. The predicted octanol–water partition coefficient (Wildman–Crippen LogP) is 2.34. The van der Waals surface area contributed by atoms with Gasteiger partial charge in [0.2, 0.25) is 15.9 Å². The van der Waals surface area contributed by atoms with E-state index in [9.17, 15) is 13.2 Å². The molecule has 8 nitrogen and oxygen atoms in total. The van der Waals surface area contributed by atoms with Crippen molar-refractivity contribution in [3.05, 3.63) is 54.1 Å². The standard InChI is InChI=1S/C22H27N5O3S2/c1-26(15-17-7-3-2-4-8-17)14-12-23-22(28)18-9-6-13-27(16-18)32(29,30)20-11-5-10-19-21(20)25-31-24-19/h2-5,7-8,10-11,18H,6,9,12-16H2,1H3,(H,23,28). The van der Waals surface area contributed by atoms with Crippen LogP contribution in [-0.2, 0) is 21.4 Å². The van der Waals surface area contributed by atoms with Crippen LogP contribution < -0.4 is 5.32 Å². The lowest BCUT2D eigenvalue weighted by molar-refractivity contribution is -0.126. The van der Waals surface area contributed by atoms with Crippen molar-refractivity contribution < 1.29 is 13.2 Å². The second-order valence-electron chi connectivity index (χ2n) is 8.10. The first kappa shape index (κ1) is 22.8. The summed E-state index contributed by atoms with van der Waals surface area (Å²) in [7, 11) is -1.73. The molecule has 1 aliphatic rings. The van der Waals surface area contributed by atoms with Crippen LogP contribution in [0.4, 0.5) is 0 Å². The molecule has 1 aromatic heterocycles. The molecule has 32 heavy (non-hydrogen) atoms. The highest BCUT2D eigenvalue weighted by molar-refractivity contribution is 7.89. The first-order chi connectivity index (χ1) is 15.4. The Morgan fingerprint density at radius 3 is 2.81 bits per heavy atom. The van der Waals surface area contributed by atoms with Gasteiger partial charge in [-0.25, -0.2) is 8.42 Å². The first-order valence-electron chi connectivity index (χ1n) is 10.7. The molecule has 1 amide bonds. The number of hydrogen-bond acceptors (Lipinski definition) is 7. The van der Waals surface area contributed by atoms with Crippen LogP contribution in [0.5, 0.6) is 0 Å². The van der Waals surface area contributed by atoms with Crippen molar-refractivity contribution in [1.82, 2.24) is 23.3 Å². The van der Waals surface area contributed by atoms with Gasteiger partial charge in [0.05, 0.1) is 17.6 Å². The quantitative estimate of drug-likeness (QED) is 0.540. The third-order valence-electron chi connectivity index (χ3n) is 5.71. The van der Waals surface area contributed by atoms with Gasteiger partial charge in [0.15, 0.2) is 0 Å². The van der Waals surface area contributed by atoms with E-state index in [-0.39, 0.29) is 23.3 Å². The van der Waals surface area contributed by atoms with E-state index in [0.29, 0.717) is 43.5 Å². The first-order valence-corrected chi connectivity index (χ1v) is 12.8. The van der Waals surface area contributed by atoms with Gasteiger partial charge in [0, 0.05) is 32.7 Å². The molecule has 0 aliphatic carbocycles. The number of rotatable bonds is 8. The van der Waals surface area contributed by atoms with Gasteiger partial charge in [-0.1, -0.05) is 36.4 Å². The van der Waals surface area contributed by atoms with Crippen LogP contribution in [0.25, 0.3) is 11.0 Å². The van der Waals surface area contributed by atoms with E-state index < -0.39 is 10.0 Å². The van der Waals surface area contributed by atoms with E-state index in [0.717, 1.165) is 18.3 Å². The van der Waals surface area contributed by atoms with Gasteiger partial charge in [-0.3, -0.25) is 4.79 Å². The van der Waals surface area contributed by atoms with Crippen LogP contribution in [-0.4, -0.2) is 65.5 Å². The number of aromatic nitrogens is 2. The topological polar surface area (TPSA) is 95.5 Å². The molecular weight excluding hydrogens is 446 g/mol. The predicted molar refractivity (Wildman–Crippen MR) is 125 cm³/mol. The highest BCUT2D eigenvalue weighted by Crippen LogP contribution is 2.28. The average molecular weight is 474 g/mol. The van der Waals surface area contributed by atoms with Crippen molar-refractivity contribution >= 4 is 38.7 Å². The van der Waals surface area contributed by atoms with Gasteiger partial charge in [-0.2, -0.15) is 13.1 Å². The van der Waals surface area contributed by atoms with E-state index in [1.165, 1.54) is 9.87 Å². The minimum Gasteiger partial charge on any atom is -0.355 e. The van der Waals surface area contributed by atoms with Crippen LogP contribution in [0.1, 0.15) is 18.4 Å². The van der Waals surface area contributed by atoms with E-state index in [1.807, 2.05) is 25.2 Å². The lowest BCUT2D eigenvalue weighted by Crippen LogP contribution is -2.46. The molecular formula is C22H27N5O3S2. The Balaban J connectivity index is 1.33. The van der Waals surface area contributed by atoms with Gasteiger partial charge >= 0.3 is 0 Å². The maximum Gasteiger partial charge on any atom is 0.245 e. The Hall–Kier alpha value is -2.40. The number of hydrogen-bond donors (Lipinski definition) is 1. The minimum atomic E-state index is -3.74. The lowest BCUT2D eigenvalue weighted by Gasteiger charge is -2.31. The number of carbonyl (C=O) groups excluding carboxylic acids is 1. The molecule has 1 unspecified atom stereocenters. The SMILES string of the molecule is CN(CCNC(=O)C1CCCN(S(=O)(=O)c2cccc3nsnc23)C1)Cc1ccccc1. The van der Waals surface area contributed by atoms with Crippen LogP contribution in [0, 0.1) is 5.92 Å². The Bertz CT molecular complexity index is 1170. The summed E-state index contributed by atoms with van der Waals surface area (Å²) in [6, 6.07) is 15.2. The van der Waals surface area contributed by atoms with Crippen LogP contribution in [0.15, 0.2) is 53.4 Å². The molecule has 2 heterocycles. The Kier molecular flexibility index (Phi) is 7.14. The second kappa shape index (κ2) is 10.0. The highest BCUT2D eigenvalue weighted by atomic mass is 32.2. The van der Waals surface area contributed by atoms with Crippen LogP contribution >= 0.6 is 11.7 Å². The molecule has 1 fully saturated rings. The van der Waals surface area contributed by atoms with Crippen molar-refractivity contribution in [1.29, 1.82) is 0 Å². The third kappa shape index (κ3) is 5.15. The number of fused-ring (bicyclic) bond motifs is 1. The smallest absolute Gasteiger partial charge is 0.245 e. The number of sulfonamides is 1. The largest absolute Gasteiger partial charge is 0.355 e. The maximum atomic E-state index is 13.3. The van der Waals surface area contributed by atoms with Crippen LogP contribution in [0.3, 0.4) is 0 Å².